The van der Waals surface area contributed by atoms with Crippen LogP contribution in [-0.2, 0) is 6.54 Å². The zero-order valence-corrected chi connectivity index (χ0v) is 17.2. The Bertz CT molecular complexity index is 1130. The number of hydrogen-bond donors (Lipinski definition) is 1. The molecule has 5 rings (SSSR count). The number of benzene rings is 2. The average molecular weight is 386 g/mol. The van der Waals surface area contributed by atoms with Gasteiger partial charge >= 0.3 is 0 Å². The number of nitrogens with zero attached hydrogens (tertiary/aromatic N) is 4. The van der Waals surface area contributed by atoms with Crippen LogP contribution >= 0.6 is 0 Å². The summed E-state index contributed by atoms with van der Waals surface area (Å²) in [5, 5.41) is 4.82. The Morgan fingerprint density at radius 2 is 1.72 bits per heavy atom. The molecule has 5 nitrogen and oxygen atoms in total. The number of aryl methyl sites for hydroxylation is 2. The Balaban J connectivity index is 1.42. The maximum Gasteiger partial charge on any atom is 0.159 e. The first-order valence-corrected chi connectivity index (χ1v) is 10.5. The fraction of sp³-hybridized carbons (Fsp3) is 0.333. The monoisotopic (exact) mass is 385 g/mol. The Morgan fingerprint density at radius 3 is 2.52 bits per heavy atom. The van der Waals surface area contributed by atoms with Gasteiger partial charge in [-0.05, 0) is 62.9 Å². The van der Waals surface area contributed by atoms with Crippen molar-refractivity contribution in [1.82, 2.24) is 19.7 Å². The third-order valence-corrected chi connectivity index (χ3v) is 5.86. The summed E-state index contributed by atoms with van der Waals surface area (Å²) in [5.74, 6) is 0.835. The molecule has 1 saturated heterocycles. The van der Waals surface area contributed by atoms with Crippen LogP contribution in [0.5, 0.6) is 0 Å². The molecule has 1 aliphatic heterocycles. The van der Waals surface area contributed by atoms with Gasteiger partial charge in [-0.3, -0.25) is 4.68 Å². The number of piperidine rings is 1. The number of hydrogen-bond acceptors (Lipinski definition) is 3. The Hall–Kier alpha value is -3.08. The van der Waals surface area contributed by atoms with Crippen molar-refractivity contribution in [3.8, 4) is 11.5 Å². The molecule has 5 heteroatoms. The van der Waals surface area contributed by atoms with Gasteiger partial charge < -0.3 is 9.88 Å². The highest BCUT2D eigenvalue weighted by Gasteiger charge is 2.14. The molecule has 3 heterocycles. The SMILES string of the molecule is Cc1ccc(Cn2nc(-c3nc4ccc(N5CCCCC5)cc4[nH]3)cc2C)cc1. The van der Waals surface area contributed by atoms with Crippen LogP contribution in [0.1, 0.15) is 36.1 Å². The van der Waals surface area contributed by atoms with E-state index < -0.39 is 0 Å². The molecule has 1 N–H and O–H groups in total. The molecule has 1 aliphatic rings. The second kappa shape index (κ2) is 7.39. The van der Waals surface area contributed by atoms with Gasteiger partial charge in [0.2, 0.25) is 0 Å². The minimum Gasteiger partial charge on any atom is -0.371 e. The van der Waals surface area contributed by atoms with Crippen LogP contribution in [0.25, 0.3) is 22.6 Å². The first-order valence-electron chi connectivity index (χ1n) is 10.5. The van der Waals surface area contributed by atoms with Crippen LogP contribution in [0, 0.1) is 13.8 Å². The normalized spacial score (nSPS) is 14.6. The number of H-pyrrole nitrogens is 1. The first-order chi connectivity index (χ1) is 14.2. The minimum atomic E-state index is 0.769. The molecule has 148 valence electrons. The second-order valence-electron chi connectivity index (χ2n) is 8.15. The van der Waals surface area contributed by atoms with Crippen LogP contribution in [0.2, 0.25) is 0 Å². The molecule has 0 saturated carbocycles. The molecular weight excluding hydrogens is 358 g/mol. The van der Waals surface area contributed by atoms with Gasteiger partial charge in [0.15, 0.2) is 5.82 Å². The van der Waals surface area contributed by atoms with E-state index in [0.717, 1.165) is 47.9 Å². The molecule has 2 aromatic heterocycles. The summed E-state index contributed by atoms with van der Waals surface area (Å²) >= 11 is 0. The van der Waals surface area contributed by atoms with E-state index in [2.05, 4.69) is 72.3 Å². The van der Waals surface area contributed by atoms with Crippen LogP contribution in [0.3, 0.4) is 0 Å². The van der Waals surface area contributed by atoms with E-state index in [-0.39, 0.29) is 0 Å². The van der Waals surface area contributed by atoms with Crippen molar-refractivity contribution in [2.24, 2.45) is 0 Å². The lowest BCUT2D eigenvalue weighted by atomic mass is 10.1. The van der Waals surface area contributed by atoms with Crippen molar-refractivity contribution in [2.45, 2.75) is 39.7 Å². The lowest BCUT2D eigenvalue weighted by Crippen LogP contribution is -2.29. The van der Waals surface area contributed by atoms with Crippen molar-refractivity contribution < 1.29 is 0 Å². The lowest BCUT2D eigenvalue weighted by Gasteiger charge is -2.28. The number of aromatic amines is 1. The predicted octanol–water partition coefficient (Wildman–Crippen LogP) is 5.08. The van der Waals surface area contributed by atoms with Crippen molar-refractivity contribution >= 4 is 16.7 Å². The van der Waals surface area contributed by atoms with Gasteiger partial charge in [-0.2, -0.15) is 5.10 Å². The highest BCUT2D eigenvalue weighted by molar-refractivity contribution is 5.82. The molecule has 0 radical (unpaired) electrons. The largest absolute Gasteiger partial charge is 0.371 e. The summed E-state index contributed by atoms with van der Waals surface area (Å²) in [4.78, 5) is 10.8. The van der Waals surface area contributed by atoms with Gasteiger partial charge in [-0.1, -0.05) is 29.8 Å². The summed E-state index contributed by atoms with van der Waals surface area (Å²) < 4.78 is 2.05. The third-order valence-electron chi connectivity index (χ3n) is 5.86. The number of imidazole rings is 1. The van der Waals surface area contributed by atoms with Crippen molar-refractivity contribution in [1.29, 1.82) is 0 Å². The fourth-order valence-electron chi connectivity index (χ4n) is 4.12. The zero-order chi connectivity index (χ0) is 19.8. The van der Waals surface area contributed by atoms with E-state index in [4.69, 9.17) is 10.1 Å². The van der Waals surface area contributed by atoms with E-state index in [1.54, 1.807) is 0 Å². The first kappa shape index (κ1) is 18.0. The topological polar surface area (TPSA) is 49.7 Å². The maximum absolute atomic E-state index is 4.82. The van der Waals surface area contributed by atoms with Gasteiger partial charge in [0, 0.05) is 24.5 Å². The van der Waals surface area contributed by atoms with Gasteiger partial charge in [-0.15, -0.1) is 0 Å². The second-order valence-corrected chi connectivity index (χ2v) is 8.15. The fourth-order valence-corrected chi connectivity index (χ4v) is 4.12. The van der Waals surface area contributed by atoms with Crippen molar-refractivity contribution in [3.63, 3.8) is 0 Å². The molecular formula is C24H27N5. The van der Waals surface area contributed by atoms with E-state index in [0.29, 0.717) is 0 Å². The van der Waals surface area contributed by atoms with E-state index in [1.807, 2.05) is 4.68 Å². The average Bonchev–Trinajstić information content (AvgIpc) is 3.33. The Morgan fingerprint density at radius 1 is 0.931 bits per heavy atom. The lowest BCUT2D eigenvalue weighted by molar-refractivity contribution is 0.578. The summed E-state index contributed by atoms with van der Waals surface area (Å²) in [6.07, 6.45) is 3.91. The van der Waals surface area contributed by atoms with Gasteiger partial charge in [0.05, 0.1) is 17.6 Å². The summed E-state index contributed by atoms with van der Waals surface area (Å²) in [5.41, 5.74) is 7.91. The van der Waals surface area contributed by atoms with Crippen LogP contribution in [0.15, 0.2) is 48.5 Å². The smallest absolute Gasteiger partial charge is 0.159 e. The highest BCUT2D eigenvalue weighted by atomic mass is 15.3. The molecule has 4 aromatic rings. The molecule has 0 aliphatic carbocycles. The quantitative estimate of drug-likeness (QED) is 0.533. The van der Waals surface area contributed by atoms with Crippen molar-refractivity contribution in [3.05, 3.63) is 65.4 Å². The standard InChI is InChI=1S/C24H27N5/c1-17-6-8-19(9-7-17)16-29-18(2)14-23(27-29)24-25-21-11-10-20(15-22(21)26-24)28-12-4-3-5-13-28/h6-11,14-15H,3-5,12-13,16H2,1-2H3,(H,25,26). The predicted molar refractivity (Wildman–Crippen MR) is 118 cm³/mol. The molecule has 0 bridgehead atoms. The molecule has 0 spiro atoms. The van der Waals surface area contributed by atoms with Gasteiger partial charge in [0.25, 0.3) is 0 Å². The highest BCUT2D eigenvalue weighted by Crippen LogP contribution is 2.26. The number of nitrogens with one attached hydrogen (secondary N) is 1. The van der Waals surface area contributed by atoms with E-state index in [9.17, 15) is 0 Å². The molecule has 29 heavy (non-hydrogen) atoms. The molecule has 0 atom stereocenters. The van der Waals surface area contributed by atoms with Crippen LogP contribution in [-0.4, -0.2) is 32.8 Å². The van der Waals surface area contributed by atoms with Gasteiger partial charge in [-0.25, -0.2) is 4.98 Å². The third kappa shape index (κ3) is 3.65. The zero-order valence-electron chi connectivity index (χ0n) is 17.2. The number of aromatic nitrogens is 4. The van der Waals surface area contributed by atoms with Crippen LogP contribution < -0.4 is 4.90 Å². The van der Waals surface area contributed by atoms with Gasteiger partial charge in [0.1, 0.15) is 5.69 Å². The molecule has 1 fully saturated rings. The molecule has 0 unspecified atom stereocenters. The summed E-state index contributed by atoms with van der Waals surface area (Å²) in [6, 6.07) is 17.3. The Labute approximate surface area is 171 Å². The van der Waals surface area contributed by atoms with Crippen molar-refractivity contribution in [2.75, 3.05) is 18.0 Å². The van der Waals surface area contributed by atoms with E-state index >= 15 is 0 Å². The molecule has 0 amide bonds. The molecule has 2 aromatic carbocycles. The number of fused-ring (bicyclic) bond motifs is 1. The number of rotatable bonds is 4. The summed E-state index contributed by atoms with van der Waals surface area (Å²) in [6.45, 7) is 7.27. The maximum atomic E-state index is 4.82. The number of anilines is 1. The van der Waals surface area contributed by atoms with Crippen LogP contribution in [0.4, 0.5) is 5.69 Å². The Kier molecular flexibility index (Phi) is 4.58. The minimum absolute atomic E-state index is 0.769. The summed E-state index contributed by atoms with van der Waals surface area (Å²) in [7, 11) is 0. The van der Waals surface area contributed by atoms with E-state index in [1.165, 1.54) is 36.1 Å².